The monoisotopic (exact) mass is 252 g/mol. The molecule has 0 N–H and O–H groups in total. The van der Waals surface area contributed by atoms with Gasteiger partial charge in [-0.25, -0.2) is 4.39 Å². The van der Waals surface area contributed by atoms with Gasteiger partial charge in [0.15, 0.2) is 0 Å². The molecule has 1 aromatic carbocycles. The second-order valence-corrected chi connectivity index (χ2v) is 3.79. The maximum atomic E-state index is 12.9. The van der Waals surface area contributed by atoms with Crippen molar-refractivity contribution in [2.24, 2.45) is 0 Å². The molecule has 0 saturated heterocycles. The van der Waals surface area contributed by atoms with E-state index in [9.17, 15) is 14.5 Å². The Morgan fingerprint density at radius 3 is 2.56 bits per heavy atom. The topological polar surface area (TPSA) is 46.4 Å². The lowest BCUT2D eigenvalue weighted by atomic mass is 10.1. The van der Waals surface area contributed by atoms with Crippen molar-refractivity contribution in [3.8, 4) is 0 Å². The van der Waals surface area contributed by atoms with Crippen LogP contribution in [0, 0.1) is 10.1 Å². The molecular weight excluding hydrogens is 235 g/mol. The first kappa shape index (κ1) is 14.2. The number of benzene rings is 1. The van der Waals surface area contributed by atoms with Crippen molar-refractivity contribution in [3.63, 3.8) is 0 Å². The molecule has 1 aromatic rings. The van der Waals surface area contributed by atoms with E-state index in [1.54, 1.807) is 12.1 Å². The number of alkyl halides is 1. The number of halogens is 1. The molecule has 4 nitrogen and oxygen atoms in total. The minimum atomic E-state index is -0.632. The van der Waals surface area contributed by atoms with Crippen LogP contribution in [0.15, 0.2) is 24.4 Å². The molecule has 0 heterocycles. The molecule has 18 heavy (non-hydrogen) atoms. The smallest absolute Gasteiger partial charge is 0.235 e. The van der Waals surface area contributed by atoms with Crippen LogP contribution in [0.25, 0.3) is 6.08 Å². The summed E-state index contributed by atoms with van der Waals surface area (Å²) in [6.07, 6.45) is 2.15. The highest BCUT2D eigenvalue weighted by molar-refractivity contribution is 5.59. The third-order valence-electron chi connectivity index (χ3n) is 2.77. The van der Waals surface area contributed by atoms with E-state index in [0.29, 0.717) is 11.1 Å². The van der Waals surface area contributed by atoms with Crippen molar-refractivity contribution in [3.05, 3.63) is 45.6 Å². The Bertz CT molecular complexity index is 443. The molecule has 0 saturated carbocycles. The van der Waals surface area contributed by atoms with Gasteiger partial charge in [-0.2, -0.15) is 0 Å². The highest BCUT2D eigenvalue weighted by Crippen LogP contribution is 2.21. The lowest BCUT2D eigenvalue weighted by molar-refractivity contribution is -0.400. The average Bonchev–Trinajstić information content (AvgIpc) is 2.38. The lowest BCUT2D eigenvalue weighted by Crippen LogP contribution is -2.21. The first-order valence-electron chi connectivity index (χ1n) is 5.87. The molecule has 1 rings (SSSR count). The summed E-state index contributed by atoms with van der Waals surface area (Å²) in [7, 11) is 0. The van der Waals surface area contributed by atoms with E-state index in [-0.39, 0.29) is 0 Å². The van der Waals surface area contributed by atoms with Gasteiger partial charge in [0, 0.05) is 24.9 Å². The van der Waals surface area contributed by atoms with E-state index < -0.39 is 11.6 Å². The van der Waals surface area contributed by atoms with E-state index in [0.717, 1.165) is 25.0 Å². The molecule has 5 heteroatoms. The van der Waals surface area contributed by atoms with Crippen LogP contribution in [0.2, 0.25) is 0 Å². The van der Waals surface area contributed by atoms with E-state index in [4.69, 9.17) is 0 Å². The Hall–Kier alpha value is -1.91. The van der Waals surface area contributed by atoms with Gasteiger partial charge in [-0.15, -0.1) is 0 Å². The van der Waals surface area contributed by atoms with Crippen molar-refractivity contribution < 1.29 is 9.31 Å². The highest BCUT2D eigenvalue weighted by Gasteiger charge is 2.06. The predicted molar refractivity (Wildman–Crippen MR) is 70.8 cm³/mol. The first-order valence-corrected chi connectivity index (χ1v) is 5.87. The summed E-state index contributed by atoms with van der Waals surface area (Å²) >= 11 is 0. The Morgan fingerprint density at radius 2 is 2.06 bits per heavy atom. The van der Waals surface area contributed by atoms with Crippen LogP contribution in [-0.2, 0) is 6.67 Å². The summed E-state index contributed by atoms with van der Waals surface area (Å²) in [4.78, 5) is 11.8. The van der Waals surface area contributed by atoms with Crippen molar-refractivity contribution >= 4 is 11.8 Å². The average molecular weight is 252 g/mol. The van der Waals surface area contributed by atoms with Crippen LogP contribution in [0.1, 0.15) is 25.0 Å². The van der Waals surface area contributed by atoms with Gasteiger partial charge >= 0.3 is 0 Å². The van der Waals surface area contributed by atoms with Crippen LogP contribution in [0.5, 0.6) is 0 Å². The number of nitro groups is 1. The number of anilines is 1. The zero-order valence-corrected chi connectivity index (χ0v) is 10.6. The summed E-state index contributed by atoms with van der Waals surface area (Å²) in [6, 6.07) is 5.31. The number of nitrogens with zero attached hydrogens (tertiary/aromatic N) is 2. The van der Waals surface area contributed by atoms with Crippen LogP contribution in [-0.4, -0.2) is 18.0 Å². The van der Waals surface area contributed by atoms with Gasteiger partial charge in [-0.1, -0.05) is 6.07 Å². The van der Waals surface area contributed by atoms with E-state index in [1.165, 1.54) is 6.08 Å². The lowest BCUT2D eigenvalue weighted by Gasteiger charge is -2.21. The van der Waals surface area contributed by atoms with Crippen LogP contribution in [0.4, 0.5) is 10.1 Å². The fourth-order valence-electron chi connectivity index (χ4n) is 1.80. The summed E-state index contributed by atoms with van der Waals surface area (Å²) in [5.41, 5.74) is 1.95. The van der Waals surface area contributed by atoms with Gasteiger partial charge in [-0.05, 0) is 37.1 Å². The number of hydrogen-bond acceptors (Lipinski definition) is 3. The molecule has 98 valence electrons. The van der Waals surface area contributed by atoms with E-state index in [1.807, 2.05) is 19.9 Å². The zero-order chi connectivity index (χ0) is 13.5. The SMILES string of the molecule is CCN(CC)c1ccc(C=C[N+](=O)[O-])c(CF)c1. The van der Waals surface area contributed by atoms with Crippen molar-refractivity contribution in [2.75, 3.05) is 18.0 Å². The van der Waals surface area contributed by atoms with Crippen molar-refractivity contribution in [1.82, 2.24) is 0 Å². The van der Waals surface area contributed by atoms with Crippen LogP contribution >= 0.6 is 0 Å². The standard InChI is InChI=1S/C13H17FN2O2/c1-3-15(4-2)13-6-5-11(7-8-16(17)18)12(9-13)10-14/h5-9H,3-4,10H2,1-2H3. The van der Waals surface area contributed by atoms with Gasteiger partial charge < -0.3 is 4.90 Å². The predicted octanol–water partition coefficient (Wildman–Crippen LogP) is 3.25. The fraction of sp³-hybridized carbons (Fsp3) is 0.385. The fourth-order valence-corrected chi connectivity index (χ4v) is 1.80. The molecule has 0 aliphatic rings. The third kappa shape index (κ3) is 3.55. The van der Waals surface area contributed by atoms with Crippen molar-refractivity contribution in [1.29, 1.82) is 0 Å². The largest absolute Gasteiger partial charge is 0.372 e. The molecule has 0 aliphatic carbocycles. The number of hydrogen-bond donors (Lipinski definition) is 0. The first-order chi connectivity index (χ1) is 8.62. The minimum Gasteiger partial charge on any atom is -0.372 e. The second kappa shape index (κ2) is 6.74. The molecule has 0 atom stereocenters. The maximum Gasteiger partial charge on any atom is 0.235 e. The normalized spacial score (nSPS) is 10.8. The summed E-state index contributed by atoms with van der Waals surface area (Å²) < 4.78 is 12.9. The van der Waals surface area contributed by atoms with Gasteiger partial charge in [0.05, 0.1) is 4.92 Å². The number of rotatable bonds is 6. The van der Waals surface area contributed by atoms with Crippen LogP contribution in [0.3, 0.4) is 0 Å². The molecule has 0 bridgehead atoms. The highest BCUT2D eigenvalue weighted by atomic mass is 19.1. The molecule has 0 amide bonds. The summed E-state index contributed by atoms with van der Waals surface area (Å²) in [5, 5.41) is 10.3. The summed E-state index contributed by atoms with van der Waals surface area (Å²) in [5.74, 6) is 0. The molecular formula is C13H17FN2O2. The Kier molecular flexibility index (Phi) is 5.30. The van der Waals surface area contributed by atoms with Gasteiger partial charge in [0.2, 0.25) is 6.20 Å². The quantitative estimate of drug-likeness (QED) is 0.576. The zero-order valence-electron chi connectivity index (χ0n) is 10.6. The molecule has 0 unspecified atom stereocenters. The third-order valence-corrected chi connectivity index (χ3v) is 2.77. The van der Waals surface area contributed by atoms with Crippen LogP contribution < -0.4 is 4.90 Å². The maximum absolute atomic E-state index is 12.9. The molecule has 0 aromatic heterocycles. The second-order valence-electron chi connectivity index (χ2n) is 3.79. The molecule has 0 aliphatic heterocycles. The molecule has 0 spiro atoms. The Labute approximate surface area is 106 Å². The van der Waals surface area contributed by atoms with Gasteiger partial charge in [-0.3, -0.25) is 10.1 Å². The molecule has 0 radical (unpaired) electrons. The van der Waals surface area contributed by atoms with E-state index in [2.05, 4.69) is 4.90 Å². The van der Waals surface area contributed by atoms with E-state index >= 15 is 0 Å². The Balaban J connectivity index is 3.06. The molecule has 0 fully saturated rings. The van der Waals surface area contributed by atoms with Gasteiger partial charge in [0.1, 0.15) is 6.67 Å². The minimum absolute atomic E-state index is 0.470. The Morgan fingerprint density at radius 1 is 1.39 bits per heavy atom. The summed E-state index contributed by atoms with van der Waals surface area (Å²) in [6.45, 7) is 5.10. The van der Waals surface area contributed by atoms with Gasteiger partial charge in [0.25, 0.3) is 0 Å². The van der Waals surface area contributed by atoms with Crippen molar-refractivity contribution in [2.45, 2.75) is 20.5 Å².